The molecule has 2 aromatic carbocycles. The Hall–Kier alpha value is -3.79. The van der Waals surface area contributed by atoms with Gasteiger partial charge in [0.05, 0.1) is 26.1 Å². The van der Waals surface area contributed by atoms with Crippen molar-refractivity contribution < 1.29 is 27.4 Å². The number of pyridine rings is 1. The molecule has 0 fully saturated rings. The highest BCUT2D eigenvalue weighted by Gasteiger charge is 2.21. The van der Waals surface area contributed by atoms with Gasteiger partial charge in [-0.1, -0.05) is 6.92 Å². The molecule has 2 N–H and O–H groups in total. The second-order valence-corrected chi connectivity index (χ2v) is 8.54. The second-order valence-electron chi connectivity index (χ2n) is 6.89. The van der Waals surface area contributed by atoms with Gasteiger partial charge in [-0.25, -0.2) is 13.4 Å². The molecule has 1 aromatic heterocycles. The van der Waals surface area contributed by atoms with E-state index in [1.54, 1.807) is 30.3 Å². The smallest absolute Gasteiger partial charge is 0.265 e. The Bertz CT molecular complexity index is 1200. The van der Waals surface area contributed by atoms with Crippen LogP contribution in [-0.2, 0) is 10.0 Å². The predicted molar refractivity (Wildman–Crippen MR) is 124 cm³/mol. The number of hydrogen-bond acceptors (Lipinski definition) is 7. The summed E-state index contributed by atoms with van der Waals surface area (Å²) in [7, 11) is -1.12. The molecule has 0 saturated carbocycles. The molecule has 0 unspecified atom stereocenters. The van der Waals surface area contributed by atoms with Crippen LogP contribution < -0.4 is 24.2 Å². The van der Waals surface area contributed by atoms with E-state index in [0.29, 0.717) is 23.6 Å². The monoisotopic (exact) mass is 471 g/mol. The zero-order valence-electron chi connectivity index (χ0n) is 18.5. The Kier molecular flexibility index (Phi) is 7.73. The Morgan fingerprint density at radius 1 is 0.970 bits per heavy atom. The number of nitrogens with zero attached hydrogens (tertiary/aromatic N) is 1. The topological polar surface area (TPSA) is 116 Å². The van der Waals surface area contributed by atoms with E-state index >= 15 is 0 Å². The Morgan fingerprint density at radius 3 is 2.30 bits per heavy atom. The van der Waals surface area contributed by atoms with E-state index < -0.39 is 10.0 Å². The van der Waals surface area contributed by atoms with E-state index in [1.807, 2.05) is 6.92 Å². The molecule has 0 atom stereocenters. The van der Waals surface area contributed by atoms with Crippen molar-refractivity contribution in [2.24, 2.45) is 0 Å². The van der Waals surface area contributed by atoms with Gasteiger partial charge >= 0.3 is 0 Å². The quantitative estimate of drug-likeness (QED) is 0.462. The maximum Gasteiger partial charge on any atom is 0.265 e. The van der Waals surface area contributed by atoms with E-state index in [-0.39, 0.29) is 28.1 Å². The number of sulfonamides is 1. The van der Waals surface area contributed by atoms with Gasteiger partial charge in [-0.2, -0.15) is 0 Å². The van der Waals surface area contributed by atoms with E-state index in [4.69, 9.17) is 14.2 Å². The van der Waals surface area contributed by atoms with Gasteiger partial charge in [0.1, 0.15) is 22.1 Å². The summed E-state index contributed by atoms with van der Waals surface area (Å²) in [5.74, 6) is 1.17. The zero-order chi connectivity index (χ0) is 23.8. The molecule has 1 heterocycles. The molecule has 0 aliphatic heterocycles. The highest BCUT2D eigenvalue weighted by Crippen LogP contribution is 2.30. The van der Waals surface area contributed by atoms with Crippen LogP contribution in [0.1, 0.15) is 23.7 Å². The molecule has 0 radical (unpaired) electrons. The van der Waals surface area contributed by atoms with Gasteiger partial charge in [0.15, 0.2) is 0 Å². The predicted octanol–water partition coefficient (Wildman–Crippen LogP) is 3.83. The summed E-state index contributed by atoms with van der Waals surface area (Å²) in [6.07, 6.45) is 2.20. The molecule has 0 aliphatic rings. The zero-order valence-corrected chi connectivity index (χ0v) is 19.3. The molecule has 174 valence electrons. The molecular formula is C23H25N3O6S. The van der Waals surface area contributed by atoms with Crippen molar-refractivity contribution in [1.82, 2.24) is 10.3 Å². The number of rotatable bonds is 10. The summed E-state index contributed by atoms with van der Waals surface area (Å²) in [6, 6.07) is 14.2. The summed E-state index contributed by atoms with van der Waals surface area (Å²) in [5, 5.41) is 2.80. The summed E-state index contributed by atoms with van der Waals surface area (Å²) >= 11 is 0. The fraction of sp³-hybridized carbons (Fsp3) is 0.217. The molecule has 3 aromatic rings. The lowest BCUT2D eigenvalue weighted by Gasteiger charge is -2.13. The number of methoxy groups -OCH3 is 2. The van der Waals surface area contributed by atoms with Crippen molar-refractivity contribution in [3.05, 3.63) is 66.4 Å². The lowest BCUT2D eigenvalue weighted by Crippen LogP contribution is -2.23. The van der Waals surface area contributed by atoms with Gasteiger partial charge in [0.2, 0.25) is 5.88 Å². The second kappa shape index (κ2) is 10.7. The number of anilines is 1. The molecule has 0 bridgehead atoms. The first-order valence-electron chi connectivity index (χ1n) is 10.1. The number of nitrogens with one attached hydrogen (secondary N) is 2. The summed E-state index contributed by atoms with van der Waals surface area (Å²) in [6.45, 7) is 2.60. The fourth-order valence-corrected chi connectivity index (χ4v) is 4.07. The lowest BCUT2D eigenvalue weighted by atomic mass is 10.2. The minimum absolute atomic E-state index is 0.0623. The van der Waals surface area contributed by atoms with Crippen molar-refractivity contribution >= 4 is 21.6 Å². The van der Waals surface area contributed by atoms with Gasteiger partial charge < -0.3 is 19.5 Å². The van der Waals surface area contributed by atoms with Crippen molar-refractivity contribution in [2.45, 2.75) is 18.2 Å². The Balaban J connectivity index is 1.69. The van der Waals surface area contributed by atoms with Crippen LogP contribution in [0.25, 0.3) is 0 Å². The molecule has 0 spiro atoms. The minimum atomic E-state index is -3.95. The van der Waals surface area contributed by atoms with Gasteiger partial charge in [-0.15, -0.1) is 0 Å². The van der Waals surface area contributed by atoms with Crippen molar-refractivity contribution in [1.29, 1.82) is 0 Å². The highest BCUT2D eigenvalue weighted by molar-refractivity contribution is 7.92. The van der Waals surface area contributed by atoms with Gasteiger partial charge in [0.25, 0.3) is 15.9 Å². The average Bonchev–Trinajstić information content (AvgIpc) is 2.83. The van der Waals surface area contributed by atoms with E-state index in [0.717, 1.165) is 6.42 Å². The summed E-state index contributed by atoms with van der Waals surface area (Å²) < 4.78 is 44.1. The molecule has 1 amide bonds. The van der Waals surface area contributed by atoms with Gasteiger partial charge in [0, 0.05) is 24.2 Å². The van der Waals surface area contributed by atoms with Crippen molar-refractivity contribution in [3.63, 3.8) is 0 Å². The van der Waals surface area contributed by atoms with E-state index in [2.05, 4.69) is 15.0 Å². The minimum Gasteiger partial charge on any atom is -0.497 e. The third kappa shape index (κ3) is 6.13. The van der Waals surface area contributed by atoms with Crippen LogP contribution in [0.2, 0.25) is 0 Å². The summed E-state index contributed by atoms with van der Waals surface area (Å²) in [4.78, 5) is 16.0. The number of benzene rings is 2. The molecule has 3 rings (SSSR count). The molecular weight excluding hydrogens is 446 g/mol. The molecule has 0 saturated heterocycles. The molecule has 0 aliphatic carbocycles. The standard InChI is InChI=1S/C23H25N3O6S/c1-4-13-24-23(27)16-5-8-18(9-6-16)32-22-12-7-17(15-25-22)26-33(28,29)21-14-19(30-2)10-11-20(21)31-3/h5-12,14-15,26H,4,13H2,1-3H3,(H,24,27). The van der Waals surface area contributed by atoms with E-state index in [9.17, 15) is 13.2 Å². The van der Waals surface area contributed by atoms with Gasteiger partial charge in [-0.3, -0.25) is 9.52 Å². The number of hydrogen-bond donors (Lipinski definition) is 2. The van der Waals surface area contributed by atoms with E-state index in [1.165, 1.54) is 44.7 Å². The van der Waals surface area contributed by atoms with Crippen LogP contribution in [0.5, 0.6) is 23.1 Å². The normalized spacial score (nSPS) is 10.9. The first-order chi connectivity index (χ1) is 15.9. The highest BCUT2D eigenvalue weighted by atomic mass is 32.2. The van der Waals surface area contributed by atoms with Crippen LogP contribution in [0.4, 0.5) is 5.69 Å². The average molecular weight is 472 g/mol. The molecule has 33 heavy (non-hydrogen) atoms. The lowest BCUT2D eigenvalue weighted by molar-refractivity contribution is 0.0953. The van der Waals surface area contributed by atoms with Crippen molar-refractivity contribution in [3.8, 4) is 23.1 Å². The molecule has 9 nitrogen and oxygen atoms in total. The number of amides is 1. The van der Waals surface area contributed by atoms with Crippen LogP contribution in [0, 0.1) is 0 Å². The first kappa shape index (κ1) is 23.9. The molecule has 10 heteroatoms. The van der Waals surface area contributed by atoms with Gasteiger partial charge in [-0.05, 0) is 48.9 Å². The van der Waals surface area contributed by atoms with Crippen LogP contribution >= 0.6 is 0 Å². The van der Waals surface area contributed by atoms with Crippen molar-refractivity contribution in [2.75, 3.05) is 25.5 Å². The maximum absolute atomic E-state index is 12.8. The maximum atomic E-state index is 12.8. The number of carbonyl (C=O) groups excluding carboxylic acids is 1. The van der Waals surface area contributed by atoms with Crippen LogP contribution in [-0.4, -0.2) is 40.1 Å². The Labute approximate surface area is 192 Å². The third-order valence-corrected chi connectivity index (χ3v) is 5.93. The Morgan fingerprint density at radius 2 is 1.70 bits per heavy atom. The SMILES string of the molecule is CCCNC(=O)c1ccc(Oc2ccc(NS(=O)(=O)c3cc(OC)ccc3OC)cn2)cc1. The third-order valence-electron chi connectivity index (χ3n) is 4.52. The van der Waals surface area contributed by atoms with Crippen LogP contribution in [0.15, 0.2) is 65.7 Å². The number of ether oxygens (including phenoxy) is 3. The van der Waals surface area contributed by atoms with Crippen LogP contribution in [0.3, 0.4) is 0 Å². The first-order valence-corrected chi connectivity index (χ1v) is 11.6. The largest absolute Gasteiger partial charge is 0.497 e. The fourth-order valence-electron chi connectivity index (χ4n) is 2.84. The number of carbonyl (C=O) groups is 1. The summed E-state index contributed by atoms with van der Waals surface area (Å²) in [5.41, 5.74) is 0.775. The number of aromatic nitrogens is 1.